The maximum absolute atomic E-state index is 10.2. The number of aromatic nitrogens is 4. The molecule has 0 amide bonds. The SMILES string of the molecule is Cc1nnc(CN2C[C@@H](Cc3cnccn3)[C@H](O)C2)s1. The molecule has 1 fully saturated rings. The lowest BCUT2D eigenvalue weighted by Crippen LogP contribution is -2.21. The molecule has 20 heavy (non-hydrogen) atoms. The Morgan fingerprint density at radius 3 is 2.95 bits per heavy atom. The summed E-state index contributed by atoms with van der Waals surface area (Å²) in [6.45, 7) is 4.26. The fourth-order valence-corrected chi connectivity index (χ4v) is 3.32. The number of nitrogens with zero attached hydrogens (tertiary/aromatic N) is 5. The van der Waals surface area contributed by atoms with E-state index in [1.54, 1.807) is 29.9 Å². The Kier molecular flexibility index (Phi) is 4.00. The highest BCUT2D eigenvalue weighted by Gasteiger charge is 2.32. The van der Waals surface area contributed by atoms with Crippen molar-refractivity contribution in [2.24, 2.45) is 5.92 Å². The van der Waals surface area contributed by atoms with Gasteiger partial charge in [-0.25, -0.2) is 0 Å². The lowest BCUT2D eigenvalue weighted by Gasteiger charge is -2.13. The van der Waals surface area contributed by atoms with Crippen molar-refractivity contribution in [3.8, 4) is 0 Å². The molecule has 0 bridgehead atoms. The molecule has 6 nitrogen and oxygen atoms in total. The molecule has 2 aromatic heterocycles. The second-order valence-electron chi connectivity index (χ2n) is 5.14. The lowest BCUT2D eigenvalue weighted by molar-refractivity contribution is 0.140. The topological polar surface area (TPSA) is 75.0 Å². The summed E-state index contributed by atoms with van der Waals surface area (Å²) < 4.78 is 0. The van der Waals surface area contributed by atoms with Gasteiger partial charge in [0.25, 0.3) is 0 Å². The van der Waals surface area contributed by atoms with Crippen molar-refractivity contribution in [3.63, 3.8) is 0 Å². The normalized spacial score (nSPS) is 23.3. The van der Waals surface area contributed by atoms with E-state index in [0.717, 1.165) is 35.2 Å². The minimum atomic E-state index is -0.314. The largest absolute Gasteiger partial charge is 0.391 e. The van der Waals surface area contributed by atoms with Crippen LogP contribution >= 0.6 is 11.3 Å². The van der Waals surface area contributed by atoms with Crippen LogP contribution in [0.5, 0.6) is 0 Å². The van der Waals surface area contributed by atoms with E-state index in [9.17, 15) is 5.11 Å². The smallest absolute Gasteiger partial charge is 0.131 e. The molecule has 2 atom stereocenters. The molecule has 0 unspecified atom stereocenters. The van der Waals surface area contributed by atoms with Gasteiger partial charge in [-0.1, -0.05) is 0 Å². The highest BCUT2D eigenvalue weighted by atomic mass is 32.1. The van der Waals surface area contributed by atoms with Crippen LogP contribution in [0.3, 0.4) is 0 Å². The Morgan fingerprint density at radius 1 is 1.35 bits per heavy atom. The number of rotatable bonds is 4. The molecule has 7 heteroatoms. The summed E-state index contributed by atoms with van der Waals surface area (Å²) >= 11 is 1.61. The number of hydrogen-bond donors (Lipinski definition) is 1. The van der Waals surface area contributed by atoms with Gasteiger partial charge in [0.05, 0.1) is 18.3 Å². The van der Waals surface area contributed by atoms with Crippen LogP contribution in [-0.2, 0) is 13.0 Å². The van der Waals surface area contributed by atoms with Crippen molar-refractivity contribution in [1.29, 1.82) is 0 Å². The Labute approximate surface area is 121 Å². The molecule has 1 aliphatic rings. The Hall–Kier alpha value is -1.44. The van der Waals surface area contributed by atoms with Crippen LogP contribution in [0, 0.1) is 12.8 Å². The average Bonchev–Trinajstić information content (AvgIpc) is 2.98. The molecule has 3 heterocycles. The molecule has 0 saturated carbocycles. The maximum Gasteiger partial charge on any atom is 0.131 e. The molecule has 0 radical (unpaired) electrons. The number of aliphatic hydroxyl groups excluding tert-OH is 1. The molecule has 0 spiro atoms. The highest BCUT2D eigenvalue weighted by molar-refractivity contribution is 7.11. The molecule has 1 saturated heterocycles. The van der Waals surface area contributed by atoms with Gasteiger partial charge in [-0.05, 0) is 13.3 Å². The number of aryl methyl sites for hydroxylation is 1. The van der Waals surface area contributed by atoms with Crippen LogP contribution in [0.25, 0.3) is 0 Å². The van der Waals surface area contributed by atoms with Crippen LogP contribution < -0.4 is 0 Å². The van der Waals surface area contributed by atoms with E-state index in [1.807, 2.05) is 6.92 Å². The molecule has 2 aromatic rings. The number of likely N-dealkylation sites (tertiary alicyclic amines) is 1. The quantitative estimate of drug-likeness (QED) is 0.892. The van der Waals surface area contributed by atoms with E-state index in [2.05, 4.69) is 25.1 Å². The molecule has 106 valence electrons. The summed E-state index contributed by atoms with van der Waals surface area (Å²) in [5.74, 6) is 0.209. The fourth-order valence-electron chi connectivity index (χ4n) is 2.57. The molecular formula is C13H17N5OS. The zero-order valence-electron chi connectivity index (χ0n) is 11.3. The van der Waals surface area contributed by atoms with Crippen molar-refractivity contribution in [3.05, 3.63) is 34.3 Å². The minimum absolute atomic E-state index is 0.209. The minimum Gasteiger partial charge on any atom is -0.391 e. The van der Waals surface area contributed by atoms with Gasteiger partial charge in [0, 0.05) is 37.6 Å². The van der Waals surface area contributed by atoms with Crippen molar-refractivity contribution in [2.75, 3.05) is 13.1 Å². The van der Waals surface area contributed by atoms with E-state index in [4.69, 9.17) is 0 Å². The van der Waals surface area contributed by atoms with Crippen molar-refractivity contribution >= 4 is 11.3 Å². The molecule has 1 aliphatic heterocycles. The van der Waals surface area contributed by atoms with Crippen LogP contribution in [0.2, 0.25) is 0 Å². The Balaban J connectivity index is 1.59. The van der Waals surface area contributed by atoms with Gasteiger partial charge in [0.1, 0.15) is 10.0 Å². The zero-order chi connectivity index (χ0) is 13.9. The van der Waals surface area contributed by atoms with E-state index < -0.39 is 0 Å². The van der Waals surface area contributed by atoms with Gasteiger partial charge in [0.2, 0.25) is 0 Å². The molecule has 0 aromatic carbocycles. The van der Waals surface area contributed by atoms with Gasteiger partial charge in [0.15, 0.2) is 0 Å². The Bertz CT molecular complexity index is 561. The van der Waals surface area contributed by atoms with Crippen molar-refractivity contribution in [2.45, 2.75) is 26.0 Å². The third-order valence-corrected chi connectivity index (χ3v) is 4.32. The molecule has 3 rings (SSSR count). The predicted octanol–water partition coefficient (Wildman–Crippen LogP) is 0.672. The highest BCUT2D eigenvalue weighted by Crippen LogP contribution is 2.23. The van der Waals surface area contributed by atoms with Gasteiger partial charge in [-0.3, -0.25) is 14.9 Å². The Morgan fingerprint density at radius 2 is 2.25 bits per heavy atom. The molecular weight excluding hydrogens is 274 g/mol. The van der Waals surface area contributed by atoms with Gasteiger partial charge < -0.3 is 5.11 Å². The zero-order valence-corrected chi connectivity index (χ0v) is 12.1. The van der Waals surface area contributed by atoms with Gasteiger partial charge in [-0.15, -0.1) is 21.5 Å². The van der Waals surface area contributed by atoms with Crippen LogP contribution in [-0.4, -0.2) is 49.4 Å². The monoisotopic (exact) mass is 291 g/mol. The van der Waals surface area contributed by atoms with E-state index >= 15 is 0 Å². The van der Waals surface area contributed by atoms with E-state index in [-0.39, 0.29) is 12.0 Å². The van der Waals surface area contributed by atoms with Crippen molar-refractivity contribution in [1.82, 2.24) is 25.1 Å². The van der Waals surface area contributed by atoms with E-state index in [1.165, 1.54) is 0 Å². The third-order valence-electron chi connectivity index (χ3n) is 3.50. The van der Waals surface area contributed by atoms with Crippen LogP contribution in [0.15, 0.2) is 18.6 Å². The third kappa shape index (κ3) is 3.17. The first kappa shape index (κ1) is 13.5. The first-order chi connectivity index (χ1) is 9.70. The van der Waals surface area contributed by atoms with Crippen LogP contribution in [0.1, 0.15) is 15.7 Å². The van der Waals surface area contributed by atoms with Crippen molar-refractivity contribution < 1.29 is 5.11 Å². The lowest BCUT2D eigenvalue weighted by atomic mass is 10.0. The summed E-state index contributed by atoms with van der Waals surface area (Å²) in [6.07, 6.45) is 5.58. The van der Waals surface area contributed by atoms with Gasteiger partial charge >= 0.3 is 0 Å². The van der Waals surface area contributed by atoms with Crippen LogP contribution in [0.4, 0.5) is 0 Å². The average molecular weight is 291 g/mol. The second kappa shape index (κ2) is 5.90. The summed E-state index contributed by atoms with van der Waals surface area (Å²) in [5, 5.41) is 20.3. The second-order valence-corrected chi connectivity index (χ2v) is 6.40. The first-order valence-electron chi connectivity index (χ1n) is 6.65. The summed E-state index contributed by atoms with van der Waals surface area (Å²) in [5.41, 5.74) is 0.935. The maximum atomic E-state index is 10.2. The predicted molar refractivity (Wildman–Crippen MR) is 75.2 cm³/mol. The molecule has 1 N–H and O–H groups in total. The van der Waals surface area contributed by atoms with Gasteiger partial charge in [-0.2, -0.15) is 0 Å². The number of β-amino-alcohol motifs (C(OH)–C–C–N with tert-alkyl or cyclic N) is 1. The number of hydrogen-bond acceptors (Lipinski definition) is 7. The number of aliphatic hydroxyl groups is 1. The molecule has 0 aliphatic carbocycles. The summed E-state index contributed by atoms with van der Waals surface area (Å²) in [6, 6.07) is 0. The standard InChI is InChI=1S/C13H17N5OS/c1-9-16-17-13(20-9)8-18-6-10(12(19)7-18)4-11-5-14-2-3-15-11/h2-3,5,10,12,19H,4,6-8H2,1H3/t10-,12-/m1/s1. The first-order valence-corrected chi connectivity index (χ1v) is 7.46. The summed E-state index contributed by atoms with van der Waals surface area (Å²) in [4.78, 5) is 10.6. The summed E-state index contributed by atoms with van der Waals surface area (Å²) in [7, 11) is 0. The fraction of sp³-hybridized carbons (Fsp3) is 0.538. The van der Waals surface area contributed by atoms with E-state index in [0.29, 0.717) is 6.54 Å².